The molecule has 0 aliphatic rings. The van der Waals surface area contributed by atoms with E-state index in [4.69, 9.17) is 0 Å². The maximum Gasteiger partial charge on any atom is 0.157 e. The lowest BCUT2D eigenvalue weighted by molar-refractivity contribution is 0.724. The molecular weight excluding hydrogens is 242 g/mol. The number of hydrogen-bond acceptors (Lipinski definition) is 2. The van der Waals surface area contributed by atoms with E-state index in [0.29, 0.717) is 5.92 Å². The quantitative estimate of drug-likeness (QED) is 0.783. The number of fused-ring (bicyclic) bond motifs is 1. The third-order valence-electron chi connectivity index (χ3n) is 2.22. The number of aromatic nitrogens is 3. The second kappa shape index (κ2) is 3.35. The molecule has 2 heterocycles. The molecule has 0 fully saturated rings. The van der Waals surface area contributed by atoms with Crippen molar-refractivity contribution < 1.29 is 0 Å². The number of rotatable bonds is 1. The van der Waals surface area contributed by atoms with Crippen LogP contribution in [0, 0.1) is 0 Å². The van der Waals surface area contributed by atoms with Gasteiger partial charge in [-0.3, -0.25) is 4.68 Å². The fourth-order valence-electron chi connectivity index (χ4n) is 1.57. The summed E-state index contributed by atoms with van der Waals surface area (Å²) in [6, 6.07) is 2.07. The Morgan fingerprint density at radius 1 is 1.43 bits per heavy atom. The molecule has 2 aromatic heterocycles. The highest BCUT2D eigenvalue weighted by Crippen LogP contribution is 2.25. The fraction of sp³-hybridized carbons (Fsp3) is 0.400. The van der Waals surface area contributed by atoms with E-state index < -0.39 is 0 Å². The van der Waals surface area contributed by atoms with Crippen LogP contribution in [0.3, 0.4) is 0 Å². The van der Waals surface area contributed by atoms with Crippen LogP contribution in [0.5, 0.6) is 0 Å². The van der Waals surface area contributed by atoms with Crippen LogP contribution < -0.4 is 0 Å². The molecule has 0 N–H and O–H groups in total. The molecule has 0 unspecified atom stereocenters. The Balaban J connectivity index is 2.79. The molecule has 0 amide bonds. The zero-order valence-corrected chi connectivity index (χ0v) is 10.0. The van der Waals surface area contributed by atoms with Crippen molar-refractivity contribution >= 4 is 27.0 Å². The summed E-state index contributed by atoms with van der Waals surface area (Å²) >= 11 is 3.43. The third-order valence-corrected chi connectivity index (χ3v) is 2.65. The van der Waals surface area contributed by atoms with Gasteiger partial charge in [-0.05, 0) is 27.9 Å². The molecule has 0 saturated carbocycles. The first kappa shape index (κ1) is 9.65. The van der Waals surface area contributed by atoms with Crippen LogP contribution >= 0.6 is 15.9 Å². The van der Waals surface area contributed by atoms with Gasteiger partial charge in [-0.25, -0.2) is 4.98 Å². The zero-order valence-electron chi connectivity index (χ0n) is 8.45. The first-order valence-electron chi connectivity index (χ1n) is 4.57. The summed E-state index contributed by atoms with van der Waals surface area (Å²) in [5.41, 5.74) is 2.05. The highest BCUT2D eigenvalue weighted by atomic mass is 79.9. The second-order valence-corrected chi connectivity index (χ2v) is 4.60. The van der Waals surface area contributed by atoms with Gasteiger partial charge in [-0.15, -0.1) is 0 Å². The monoisotopic (exact) mass is 253 g/mol. The van der Waals surface area contributed by atoms with Gasteiger partial charge in [0.25, 0.3) is 0 Å². The Labute approximate surface area is 91.3 Å². The van der Waals surface area contributed by atoms with Crippen LogP contribution in [-0.4, -0.2) is 14.8 Å². The summed E-state index contributed by atoms with van der Waals surface area (Å²) in [7, 11) is 1.93. The minimum absolute atomic E-state index is 0.426. The van der Waals surface area contributed by atoms with Crippen molar-refractivity contribution in [3.05, 3.63) is 22.4 Å². The average molecular weight is 254 g/mol. The van der Waals surface area contributed by atoms with Crippen molar-refractivity contribution in [2.75, 3.05) is 0 Å². The van der Waals surface area contributed by atoms with E-state index in [1.54, 1.807) is 6.20 Å². The minimum Gasteiger partial charge on any atom is -0.250 e. The molecule has 0 aromatic carbocycles. The summed E-state index contributed by atoms with van der Waals surface area (Å²) < 4.78 is 2.83. The topological polar surface area (TPSA) is 30.7 Å². The predicted octanol–water partition coefficient (Wildman–Crippen LogP) is 2.85. The van der Waals surface area contributed by atoms with Crippen molar-refractivity contribution in [3.63, 3.8) is 0 Å². The van der Waals surface area contributed by atoms with E-state index in [9.17, 15) is 0 Å². The molecule has 2 rings (SSSR count). The first-order valence-corrected chi connectivity index (χ1v) is 5.37. The van der Waals surface area contributed by atoms with Crippen LogP contribution in [0.15, 0.2) is 16.7 Å². The van der Waals surface area contributed by atoms with Crippen LogP contribution in [0.2, 0.25) is 0 Å². The normalized spacial score (nSPS) is 11.5. The van der Waals surface area contributed by atoms with E-state index in [1.165, 1.54) is 0 Å². The second-order valence-electron chi connectivity index (χ2n) is 3.69. The summed E-state index contributed by atoms with van der Waals surface area (Å²) in [4.78, 5) is 4.34. The molecule has 0 aliphatic heterocycles. The van der Waals surface area contributed by atoms with Gasteiger partial charge in [0.1, 0.15) is 0 Å². The lowest BCUT2D eigenvalue weighted by atomic mass is 10.1. The Kier molecular flexibility index (Phi) is 2.31. The van der Waals surface area contributed by atoms with E-state index in [1.807, 2.05) is 11.7 Å². The molecule has 14 heavy (non-hydrogen) atoms. The molecule has 74 valence electrons. The molecule has 0 aliphatic carbocycles. The average Bonchev–Trinajstić information content (AvgIpc) is 2.43. The SMILES string of the molecule is CC(C)c1nn(C)c2ncc(Br)cc12. The number of pyridine rings is 1. The van der Waals surface area contributed by atoms with E-state index >= 15 is 0 Å². The van der Waals surface area contributed by atoms with E-state index in [2.05, 4.69) is 45.9 Å². The van der Waals surface area contributed by atoms with Gasteiger partial charge in [0, 0.05) is 23.1 Å². The van der Waals surface area contributed by atoms with Gasteiger partial charge in [-0.2, -0.15) is 5.10 Å². The maximum absolute atomic E-state index is 4.46. The molecular formula is C10H12BrN3. The predicted molar refractivity (Wildman–Crippen MR) is 60.3 cm³/mol. The van der Waals surface area contributed by atoms with Crippen LogP contribution in [0.25, 0.3) is 11.0 Å². The Bertz CT molecular complexity index is 473. The fourth-order valence-corrected chi connectivity index (χ4v) is 1.90. The molecule has 0 saturated heterocycles. The molecule has 0 spiro atoms. The summed E-state index contributed by atoms with van der Waals surface area (Å²) in [5.74, 6) is 0.426. The smallest absolute Gasteiger partial charge is 0.157 e. The Hall–Kier alpha value is -0.900. The van der Waals surface area contributed by atoms with Gasteiger partial charge in [0.15, 0.2) is 5.65 Å². The van der Waals surface area contributed by atoms with Gasteiger partial charge < -0.3 is 0 Å². The van der Waals surface area contributed by atoms with Gasteiger partial charge >= 0.3 is 0 Å². The number of hydrogen-bond donors (Lipinski definition) is 0. The summed E-state index contributed by atoms with van der Waals surface area (Å²) in [6.45, 7) is 4.28. The highest BCUT2D eigenvalue weighted by Gasteiger charge is 2.12. The lowest BCUT2D eigenvalue weighted by Gasteiger charge is -1.99. The largest absolute Gasteiger partial charge is 0.250 e. The van der Waals surface area contributed by atoms with Crippen LogP contribution in [0.4, 0.5) is 0 Å². The van der Waals surface area contributed by atoms with E-state index in [-0.39, 0.29) is 0 Å². The maximum atomic E-state index is 4.46. The van der Waals surface area contributed by atoms with Gasteiger partial charge in [0.2, 0.25) is 0 Å². The van der Waals surface area contributed by atoms with Gasteiger partial charge in [-0.1, -0.05) is 13.8 Å². The molecule has 4 heteroatoms. The van der Waals surface area contributed by atoms with Crippen molar-refractivity contribution in [3.8, 4) is 0 Å². The van der Waals surface area contributed by atoms with Crippen molar-refractivity contribution in [2.24, 2.45) is 7.05 Å². The molecule has 3 nitrogen and oxygen atoms in total. The molecule has 0 atom stereocenters. The standard InChI is InChI=1S/C10H12BrN3/c1-6(2)9-8-4-7(11)5-12-10(8)14(3)13-9/h4-6H,1-3H3. The van der Waals surface area contributed by atoms with Crippen LogP contribution in [-0.2, 0) is 7.05 Å². The van der Waals surface area contributed by atoms with Crippen molar-refractivity contribution in [2.45, 2.75) is 19.8 Å². The third kappa shape index (κ3) is 1.43. The zero-order chi connectivity index (χ0) is 10.3. The lowest BCUT2D eigenvalue weighted by Crippen LogP contribution is -1.93. The Morgan fingerprint density at radius 2 is 2.14 bits per heavy atom. The van der Waals surface area contributed by atoms with Crippen molar-refractivity contribution in [1.29, 1.82) is 0 Å². The van der Waals surface area contributed by atoms with Crippen LogP contribution in [0.1, 0.15) is 25.5 Å². The minimum atomic E-state index is 0.426. The molecule has 2 aromatic rings. The Morgan fingerprint density at radius 3 is 2.79 bits per heavy atom. The number of nitrogens with zero attached hydrogens (tertiary/aromatic N) is 3. The van der Waals surface area contributed by atoms with Gasteiger partial charge in [0.05, 0.1) is 5.69 Å². The number of aryl methyl sites for hydroxylation is 1. The summed E-state index contributed by atoms with van der Waals surface area (Å²) in [5, 5.41) is 5.60. The van der Waals surface area contributed by atoms with Crippen molar-refractivity contribution in [1.82, 2.24) is 14.8 Å². The summed E-state index contributed by atoms with van der Waals surface area (Å²) in [6.07, 6.45) is 1.80. The molecule has 0 radical (unpaired) electrons. The highest BCUT2D eigenvalue weighted by molar-refractivity contribution is 9.10. The number of halogens is 1. The first-order chi connectivity index (χ1) is 6.59. The molecule has 0 bridgehead atoms. The van der Waals surface area contributed by atoms with E-state index in [0.717, 1.165) is 21.2 Å².